The molecular weight excluding hydrogens is 192 g/mol. The lowest BCUT2D eigenvalue weighted by molar-refractivity contribution is 0.0207. The highest BCUT2D eigenvalue weighted by atomic mass is 32.2. The van der Waals surface area contributed by atoms with Crippen molar-refractivity contribution in [2.45, 2.75) is 31.2 Å². The SMILES string of the molecule is CC([C@@H](O)N1CCCC1)S(N)(=O)=O. The largest absolute Gasteiger partial charge is 0.377 e. The zero-order valence-corrected chi connectivity index (χ0v) is 8.50. The van der Waals surface area contributed by atoms with Crippen molar-refractivity contribution in [3.63, 3.8) is 0 Å². The number of likely N-dealkylation sites (tertiary alicyclic amines) is 1. The molecule has 0 radical (unpaired) electrons. The van der Waals surface area contributed by atoms with Crippen LogP contribution >= 0.6 is 0 Å². The normalized spacial score (nSPS) is 24.5. The number of primary sulfonamides is 1. The van der Waals surface area contributed by atoms with Crippen LogP contribution in [0, 0.1) is 0 Å². The Hall–Kier alpha value is -0.170. The molecule has 1 saturated heterocycles. The highest BCUT2D eigenvalue weighted by molar-refractivity contribution is 7.89. The minimum absolute atomic E-state index is 0.751. The van der Waals surface area contributed by atoms with Crippen LogP contribution in [0.1, 0.15) is 19.8 Å². The van der Waals surface area contributed by atoms with E-state index in [4.69, 9.17) is 5.14 Å². The number of hydrogen-bond acceptors (Lipinski definition) is 4. The fourth-order valence-electron chi connectivity index (χ4n) is 1.47. The number of sulfonamides is 1. The standard InChI is InChI=1S/C7H16N2O3S/c1-6(13(8,11)12)7(10)9-4-2-3-5-9/h6-7,10H,2-5H2,1H3,(H2,8,11,12)/t6?,7-/m1/s1. The average Bonchev–Trinajstić information content (AvgIpc) is 2.51. The molecule has 0 spiro atoms. The predicted molar refractivity (Wildman–Crippen MR) is 49.4 cm³/mol. The lowest BCUT2D eigenvalue weighted by atomic mass is 10.4. The zero-order chi connectivity index (χ0) is 10.1. The summed E-state index contributed by atoms with van der Waals surface area (Å²) in [6.07, 6.45) is 1.06. The van der Waals surface area contributed by atoms with Gasteiger partial charge in [0.15, 0.2) is 0 Å². The van der Waals surface area contributed by atoms with Crippen LogP contribution in [0.2, 0.25) is 0 Å². The lowest BCUT2D eigenvalue weighted by Gasteiger charge is -2.26. The van der Waals surface area contributed by atoms with Gasteiger partial charge in [0.25, 0.3) is 0 Å². The Morgan fingerprint density at radius 3 is 2.23 bits per heavy atom. The van der Waals surface area contributed by atoms with Crippen molar-refractivity contribution < 1.29 is 13.5 Å². The summed E-state index contributed by atoms with van der Waals surface area (Å²) in [6, 6.07) is 0. The molecule has 78 valence electrons. The topological polar surface area (TPSA) is 83.6 Å². The van der Waals surface area contributed by atoms with E-state index in [1.54, 1.807) is 4.90 Å². The molecule has 0 aromatic heterocycles. The van der Waals surface area contributed by atoms with Crippen LogP contribution in [0.3, 0.4) is 0 Å². The van der Waals surface area contributed by atoms with Crippen LogP contribution in [0.5, 0.6) is 0 Å². The maximum atomic E-state index is 10.9. The van der Waals surface area contributed by atoms with E-state index in [0.29, 0.717) is 0 Å². The first-order valence-electron chi connectivity index (χ1n) is 4.36. The van der Waals surface area contributed by atoms with E-state index in [1.165, 1.54) is 6.92 Å². The van der Waals surface area contributed by atoms with Gasteiger partial charge >= 0.3 is 0 Å². The molecule has 1 rings (SSSR count). The van der Waals surface area contributed by atoms with Gasteiger partial charge in [-0.15, -0.1) is 0 Å². The van der Waals surface area contributed by atoms with Gasteiger partial charge in [-0.1, -0.05) is 0 Å². The van der Waals surface area contributed by atoms with E-state index in [1.807, 2.05) is 0 Å². The molecule has 13 heavy (non-hydrogen) atoms. The molecule has 0 saturated carbocycles. The molecule has 0 bridgehead atoms. The van der Waals surface area contributed by atoms with Crippen LogP contribution in [0.25, 0.3) is 0 Å². The molecule has 0 aliphatic carbocycles. The Kier molecular flexibility index (Phi) is 3.28. The van der Waals surface area contributed by atoms with Gasteiger partial charge in [-0.2, -0.15) is 0 Å². The highest BCUT2D eigenvalue weighted by Gasteiger charge is 2.30. The third kappa shape index (κ3) is 2.63. The predicted octanol–water partition coefficient (Wildman–Crippen LogP) is -0.922. The Morgan fingerprint density at radius 1 is 1.38 bits per heavy atom. The number of rotatable bonds is 3. The summed E-state index contributed by atoms with van der Waals surface area (Å²) < 4.78 is 21.8. The van der Waals surface area contributed by atoms with Gasteiger partial charge in [0.05, 0.1) is 0 Å². The van der Waals surface area contributed by atoms with Crippen molar-refractivity contribution in [3.05, 3.63) is 0 Å². The molecule has 2 atom stereocenters. The first-order valence-corrected chi connectivity index (χ1v) is 5.97. The Balaban J connectivity index is 2.61. The van der Waals surface area contributed by atoms with E-state index in [-0.39, 0.29) is 0 Å². The fraction of sp³-hybridized carbons (Fsp3) is 1.00. The van der Waals surface area contributed by atoms with Gasteiger partial charge in [-0.25, -0.2) is 13.6 Å². The molecule has 0 aromatic carbocycles. The smallest absolute Gasteiger partial charge is 0.215 e. The summed E-state index contributed by atoms with van der Waals surface area (Å²) in [6.45, 7) is 2.93. The molecule has 6 heteroatoms. The minimum atomic E-state index is -3.63. The van der Waals surface area contributed by atoms with Gasteiger partial charge in [0.2, 0.25) is 10.0 Å². The average molecular weight is 208 g/mol. The van der Waals surface area contributed by atoms with E-state index in [2.05, 4.69) is 0 Å². The first kappa shape index (κ1) is 10.9. The van der Waals surface area contributed by atoms with Crippen molar-refractivity contribution in [2.24, 2.45) is 5.14 Å². The van der Waals surface area contributed by atoms with Crippen molar-refractivity contribution in [1.82, 2.24) is 4.90 Å². The molecule has 0 aromatic rings. The van der Waals surface area contributed by atoms with Gasteiger partial charge < -0.3 is 5.11 Å². The zero-order valence-electron chi connectivity index (χ0n) is 7.68. The summed E-state index contributed by atoms with van der Waals surface area (Å²) in [5.41, 5.74) is 0. The van der Waals surface area contributed by atoms with Crippen molar-refractivity contribution >= 4 is 10.0 Å². The second-order valence-electron chi connectivity index (χ2n) is 3.45. The number of aliphatic hydroxyl groups is 1. The molecule has 3 N–H and O–H groups in total. The lowest BCUT2D eigenvalue weighted by Crippen LogP contribution is -2.46. The molecule has 0 amide bonds. The quantitative estimate of drug-likeness (QED) is 0.628. The van der Waals surface area contributed by atoms with Crippen LogP contribution in [-0.4, -0.2) is 43.0 Å². The van der Waals surface area contributed by atoms with E-state index in [9.17, 15) is 13.5 Å². The summed E-state index contributed by atoms with van der Waals surface area (Å²) in [5, 5.41) is 13.6. The van der Waals surface area contributed by atoms with Crippen molar-refractivity contribution in [1.29, 1.82) is 0 Å². The molecule has 1 unspecified atom stereocenters. The Labute approximate surface area is 78.6 Å². The summed E-state index contributed by atoms with van der Waals surface area (Å²) >= 11 is 0. The van der Waals surface area contributed by atoms with Crippen LogP contribution in [-0.2, 0) is 10.0 Å². The van der Waals surface area contributed by atoms with Crippen LogP contribution in [0.15, 0.2) is 0 Å². The van der Waals surface area contributed by atoms with Gasteiger partial charge in [-0.3, -0.25) is 4.90 Å². The second-order valence-corrected chi connectivity index (χ2v) is 5.37. The Morgan fingerprint density at radius 2 is 1.85 bits per heavy atom. The number of nitrogens with two attached hydrogens (primary N) is 1. The number of nitrogens with zero attached hydrogens (tertiary/aromatic N) is 1. The monoisotopic (exact) mass is 208 g/mol. The number of hydrogen-bond donors (Lipinski definition) is 2. The van der Waals surface area contributed by atoms with Crippen molar-refractivity contribution in [3.8, 4) is 0 Å². The van der Waals surface area contributed by atoms with Crippen LogP contribution < -0.4 is 5.14 Å². The minimum Gasteiger partial charge on any atom is -0.377 e. The van der Waals surface area contributed by atoms with Gasteiger partial charge in [0.1, 0.15) is 11.5 Å². The van der Waals surface area contributed by atoms with E-state index < -0.39 is 21.5 Å². The van der Waals surface area contributed by atoms with E-state index in [0.717, 1.165) is 25.9 Å². The third-order valence-corrected chi connectivity index (χ3v) is 3.73. The van der Waals surface area contributed by atoms with Gasteiger partial charge in [-0.05, 0) is 19.8 Å². The third-order valence-electron chi connectivity index (χ3n) is 2.45. The van der Waals surface area contributed by atoms with Gasteiger partial charge in [0, 0.05) is 13.1 Å². The molecule has 1 aliphatic rings. The second kappa shape index (κ2) is 3.91. The maximum Gasteiger partial charge on any atom is 0.215 e. The molecule has 1 heterocycles. The molecule has 1 aliphatic heterocycles. The molecule has 1 fully saturated rings. The Bertz CT molecular complexity index is 259. The van der Waals surface area contributed by atoms with Crippen molar-refractivity contribution in [2.75, 3.05) is 13.1 Å². The first-order chi connectivity index (χ1) is 5.93. The summed E-state index contributed by atoms with van der Waals surface area (Å²) in [4.78, 5) is 1.75. The fourth-order valence-corrected chi connectivity index (χ4v) is 1.98. The highest BCUT2D eigenvalue weighted by Crippen LogP contribution is 2.14. The number of aliphatic hydroxyl groups excluding tert-OH is 1. The summed E-state index contributed by atoms with van der Waals surface area (Å²) in [7, 11) is -3.63. The molecule has 5 nitrogen and oxygen atoms in total. The van der Waals surface area contributed by atoms with E-state index >= 15 is 0 Å². The van der Waals surface area contributed by atoms with Crippen LogP contribution in [0.4, 0.5) is 0 Å². The molecular formula is C7H16N2O3S. The summed E-state index contributed by atoms with van der Waals surface area (Å²) in [5.74, 6) is 0. The maximum absolute atomic E-state index is 10.9.